The van der Waals surface area contributed by atoms with E-state index in [1.165, 1.54) is 5.69 Å². The van der Waals surface area contributed by atoms with Gasteiger partial charge in [0, 0.05) is 50.6 Å². The molecular formula is C23H28N4O2. The minimum absolute atomic E-state index is 0.103. The Morgan fingerprint density at radius 1 is 0.793 bits per heavy atom. The van der Waals surface area contributed by atoms with Crippen molar-refractivity contribution in [1.29, 1.82) is 0 Å². The quantitative estimate of drug-likeness (QED) is 0.872. The molecule has 0 radical (unpaired) electrons. The van der Waals surface area contributed by atoms with Crippen molar-refractivity contribution in [3.05, 3.63) is 60.7 Å². The number of hydrogen-bond acceptors (Lipinski definition) is 3. The summed E-state index contributed by atoms with van der Waals surface area (Å²) in [4.78, 5) is 31.7. The van der Waals surface area contributed by atoms with Crippen molar-refractivity contribution >= 4 is 23.3 Å². The standard InChI is InChI=1S/C23H28N4O2/c28-22(26-16-14-25(15-17-26)21-11-5-2-6-12-21)19-8-7-13-27(18-19)23(29)24-20-9-3-1-4-10-20/h1-6,9-12,19H,7-8,13-18H2,(H,24,29)/t19-/m0/s1. The van der Waals surface area contributed by atoms with Crippen molar-refractivity contribution in [2.24, 2.45) is 5.92 Å². The fourth-order valence-corrected chi connectivity index (χ4v) is 4.17. The number of benzene rings is 2. The van der Waals surface area contributed by atoms with E-state index in [1.807, 2.05) is 53.4 Å². The van der Waals surface area contributed by atoms with Gasteiger partial charge in [0.2, 0.25) is 5.91 Å². The first-order chi connectivity index (χ1) is 14.2. The van der Waals surface area contributed by atoms with Crippen LogP contribution in [0.2, 0.25) is 0 Å². The number of carbonyl (C=O) groups is 2. The first-order valence-electron chi connectivity index (χ1n) is 10.4. The second kappa shape index (κ2) is 8.99. The van der Waals surface area contributed by atoms with Crippen molar-refractivity contribution in [2.75, 3.05) is 49.5 Å². The molecule has 0 spiro atoms. The van der Waals surface area contributed by atoms with E-state index in [2.05, 4.69) is 22.3 Å². The molecule has 2 fully saturated rings. The number of nitrogens with one attached hydrogen (secondary N) is 1. The minimum atomic E-state index is -0.123. The molecular weight excluding hydrogens is 364 g/mol. The second-order valence-corrected chi connectivity index (χ2v) is 7.73. The maximum atomic E-state index is 13.1. The van der Waals surface area contributed by atoms with Crippen LogP contribution < -0.4 is 10.2 Å². The molecule has 2 aliphatic heterocycles. The van der Waals surface area contributed by atoms with Gasteiger partial charge in [-0.25, -0.2) is 4.79 Å². The van der Waals surface area contributed by atoms with Crippen LogP contribution in [0.1, 0.15) is 12.8 Å². The summed E-state index contributed by atoms with van der Waals surface area (Å²) in [5.74, 6) is 0.0865. The van der Waals surface area contributed by atoms with Gasteiger partial charge in [-0.15, -0.1) is 0 Å². The number of nitrogens with zero attached hydrogens (tertiary/aromatic N) is 3. The van der Waals surface area contributed by atoms with Crippen molar-refractivity contribution in [2.45, 2.75) is 12.8 Å². The number of piperidine rings is 1. The van der Waals surface area contributed by atoms with E-state index < -0.39 is 0 Å². The van der Waals surface area contributed by atoms with Gasteiger partial charge in [-0.2, -0.15) is 0 Å². The Labute approximate surface area is 172 Å². The molecule has 1 N–H and O–H groups in total. The summed E-state index contributed by atoms with van der Waals surface area (Å²) in [5.41, 5.74) is 1.99. The van der Waals surface area contributed by atoms with Crippen molar-refractivity contribution < 1.29 is 9.59 Å². The summed E-state index contributed by atoms with van der Waals surface area (Å²) in [6.45, 7) is 4.36. The molecule has 0 saturated carbocycles. The summed E-state index contributed by atoms with van der Waals surface area (Å²) in [5, 5.41) is 2.93. The zero-order chi connectivity index (χ0) is 20.1. The third-order valence-corrected chi connectivity index (χ3v) is 5.80. The van der Waals surface area contributed by atoms with Gasteiger partial charge in [-0.3, -0.25) is 4.79 Å². The molecule has 3 amide bonds. The van der Waals surface area contributed by atoms with Gasteiger partial charge in [0.25, 0.3) is 0 Å². The minimum Gasteiger partial charge on any atom is -0.368 e. The summed E-state index contributed by atoms with van der Waals surface area (Å²) >= 11 is 0. The van der Waals surface area contributed by atoms with Crippen LogP contribution in [0, 0.1) is 5.92 Å². The number of amides is 3. The lowest BCUT2D eigenvalue weighted by Crippen LogP contribution is -2.53. The van der Waals surface area contributed by atoms with Gasteiger partial charge < -0.3 is 20.0 Å². The maximum Gasteiger partial charge on any atom is 0.321 e. The number of para-hydroxylation sites is 2. The first kappa shape index (κ1) is 19.3. The zero-order valence-corrected chi connectivity index (χ0v) is 16.7. The van der Waals surface area contributed by atoms with E-state index in [1.54, 1.807) is 4.90 Å². The molecule has 0 bridgehead atoms. The molecule has 0 aromatic heterocycles. The number of rotatable bonds is 3. The van der Waals surface area contributed by atoms with Crippen molar-refractivity contribution in [1.82, 2.24) is 9.80 Å². The third-order valence-electron chi connectivity index (χ3n) is 5.80. The molecule has 152 valence electrons. The smallest absolute Gasteiger partial charge is 0.321 e. The molecule has 2 aliphatic rings. The van der Waals surface area contributed by atoms with E-state index in [4.69, 9.17) is 0 Å². The molecule has 29 heavy (non-hydrogen) atoms. The van der Waals surface area contributed by atoms with Gasteiger partial charge in [-0.1, -0.05) is 36.4 Å². The maximum absolute atomic E-state index is 13.1. The lowest BCUT2D eigenvalue weighted by atomic mass is 9.96. The van der Waals surface area contributed by atoms with Crippen LogP contribution >= 0.6 is 0 Å². The number of hydrogen-bond donors (Lipinski definition) is 1. The Bertz CT molecular complexity index is 819. The zero-order valence-electron chi connectivity index (χ0n) is 16.7. The Morgan fingerprint density at radius 3 is 2.14 bits per heavy atom. The fraction of sp³-hybridized carbons (Fsp3) is 0.391. The number of carbonyl (C=O) groups excluding carboxylic acids is 2. The van der Waals surface area contributed by atoms with Crippen LogP contribution in [0.3, 0.4) is 0 Å². The average molecular weight is 393 g/mol. The Kier molecular flexibility index (Phi) is 5.98. The number of urea groups is 1. The van der Waals surface area contributed by atoms with Gasteiger partial charge in [-0.05, 0) is 37.1 Å². The van der Waals surface area contributed by atoms with Gasteiger partial charge in [0.05, 0.1) is 5.92 Å². The van der Waals surface area contributed by atoms with E-state index in [0.29, 0.717) is 13.1 Å². The predicted octanol–water partition coefficient (Wildman–Crippen LogP) is 3.28. The highest BCUT2D eigenvalue weighted by Crippen LogP contribution is 2.22. The molecule has 2 aromatic carbocycles. The van der Waals surface area contributed by atoms with Crippen LogP contribution in [0.4, 0.5) is 16.2 Å². The molecule has 2 saturated heterocycles. The molecule has 0 unspecified atom stereocenters. The van der Waals surface area contributed by atoms with Crippen molar-refractivity contribution in [3.63, 3.8) is 0 Å². The van der Waals surface area contributed by atoms with E-state index in [9.17, 15) is 9.59 Å². The van der Waals surface area contributed by atoms with Crippen LogP contribution in [-0.2, 0) is 4.79 Å². The topological polar surface area (TPSA) is 55.9 Å². The largest absolute Gasteiger partial charge is 0.368 e. The Balaban J connectivity index is 1.30. The van der Waals surface area contributed by atoms with Gasteiger partial charge >= 0.3 is 6.03 Å². The highest BCUT2D eigenvalue weighted by atomic mass is 16.2. The first-order valence-corrected chi connectivity index (χ1v) is 10.4. The number of likely N-dealkylation sites (tertiary alicyclic amines) is 1. The molecule has 4 rings (SSSR count). The molecule has 0 aliphatic carbocycles. The second-order valence-electron chi connectivity index (χ2n) is 7.73. The molecule has 6 heteroatoms. The molecule has 2 heterocycles. The Hall–Kier alpha value is -3.02. The Morgan fingerprint density at radius 2 is 1.45 bits per heavy atom. The van der Waals surface area contributed by atoms with Crippen LogP contribution in [-0.4, -0.2) is 61.0 Å². The van der Waals surface area contributed by atoms with E-state index in [0.717, 1.165) is 44.7 Å². The molecule has 1 atom stereocenters. The predicted molar refractivity (Wildman–Crippen MR) is 115 cm³/mol. The lowest BCUT2D eigenvalue weighted by Gasteiger charge is -2.39. The van der Waals surface area contributed by atoms with Gasteiger partial charge in [0.1, 0.15) is 0 Å². The van der Waals surface area contributed by atoms with Crippen LogP contribution in [0.15, 0.2) is 60.7 Å². The molecule has 2 aromatic rings. The van der Waals surface area contributed by atoms with Crippen LogP contribution in [0.5, 0.6) is 0 Å². The SMILES string of the molecule is O=C(Nc1ccccc1)N1CCC[C@H](C(=O)N2CCN(c3ccccc3)CC2)C1. The third kappa shape index (κ3) is 4.70. The van der Waals surface area contributed by atoms with E-state index in [-0.39, 0.29) is 17.9 Å². The number of piperazine rings is 1. The van der Waals surface area contributed by atoms with E-state index >= 15 is 0 Å². The van der Waals surface area contributed by atoms with Crippen LogP contribution in [0.25, 0.3) is 0 Å². The summed E-state index contributed by atoms with van der Waals surface area (Å²) in [6, 6.07) is 19.7. The highest BCUT2D eigenvalue weighted by Gasteiger charge is 2.32. The van der Waals surface area contributed by atoms with Gasteiger partial charge in [0.15, 0.2) is 0 Å². The summed E-state index contributed by atoms with van der Waals surface area (Å²) in [6.07, 6.45) is 1.72. The monoisotopic (exact) mass is 392 g/mol. The average Bonchev–Trinajstić information content (AvgIpc) is 2.80. The highest BCUT2D eigenvalue weighted by molar-refractivity contribution is 5.90. The normalized spacial score (nSPS) is 19.7. The lowest BCUT2D eigenvalue weighted by molar-refractivity contribution is -0.137. The summed E-state index contributed by atoms with van der Waals surface area (Å²) in [7, 11) is 0. The van der Waals surface area contributed by atoms with Crippen molar-refractivity contribution in [3.8, 4) is 0 Å². The fourth-order valence-electron chi connectivity index (χ4n) is 4.17. The summed E-state index contributed by atoms with van der Waals surface area (Å²) < 4.78 is 0. The number of anilines is 2. The molecule has 6 nitrogen and oxygen atoms in total.